The topological polar surface area (TPSA) is 83.0 Å². The van der Waals surface area contributed by atoms with Gasteiger partial charge in [-0.05, 0) is 63.5 Å². The van der Waals surface area contributed by atoms with E-state index >= 15 is 0 Å². The summed E-state index contributed by atoms with van der Waals surface area (Å²) in [5, 5.41) is 19.2. The molecule has 7 heteroatoms. The van der Waals surface area contributed by atoms with Crippen LogP contribution in [0.15, 0.2) is 64.2 Å². The first-order valence-electron chi connectivity index (χ1n) is 8.76. The maximum absolute atomic E-state index is 12.0. The van der Waals surface area contributed by atoms with Crippen molar-refractivity contribution in [3.8, 4) is 11.5 Å². The van der Waals surface area contributed by atoms with Crippen molar-refractivity contribution in [2.45, 2.75) is 6.92 Å². The number of ether oxygens (including phenoxy) is 1. The van der Waals surface area contributed by atoms with Crippen molar-refractivity contribution in [3.05, 3.63) is 64.6 Å². The molecule has 0 aliphatic rings. The Hall–Kier alpha value is -3.06. The molecule has 1 amide bonds. The predicted octanol–water partition coefficient (Wildman–Crippen LogP) is 4.27. The molecule has 0 aliphatic carbocycles. The Bertz CT molecular complexity index is 1020. The van der Waals surface area contributed by atoms with Crippen LogP contribution in [-0.2, 0) is 4.79 Å². The van der Waals surface area contributed by atoms with Gasteiger partial charge in [-0.2, -0.15) is 5.10 Å². The number of amides is 1. The van der Waals surface area contributed by atoms with Crippen molar-refractivity contribution in [2.24, 2.45) is 5.10 Å². The van der Waals surface area contributed by atoms with E-state index in [1.807, 2.05) is 49.4 Å². The number of carbonyl (C=O) groups excluding carboxylic acids is 1. The average Bonchev–Trinajstić information content (AvgIpc) is 2.70. The molecule has 3 N–H and O–H groups in total. The summed E-state index contributed by atoms with van der Waals surface area (Å²) in [7, 11) is 0. The van der Waals surface area contributed by atoms with Crippen LogP contribution in [0.25, 0.3) is 10.8 Å². The maximum Gasteiger partial charge on any atom is 0.259 e. The molecule has 0 spiro atoms. The Labute approximate surface area is 171 Å². The van der Waals surface area contributed by atoms with E-state index in [2.05, 4.69) is 31.8 Å². The van der Waals surface area contributed by atoms with Crippen molar-refractivity contribution in [3.63, 3.8) is 0 Å². The number of nitrogens with zero attached hydrogens (tertiary/aromatic N) is 1. The number of carbonyl (C=O) groups is 1. The molecule has 0 radical (unpaired) electrons. The first-order chi connectivity index (χ1) is 13.6. The lowest BCUT2D eigenvalue weighted by atomic mass is 10.1. The number of aromatic hydroxyl groups is 1. The van der Waals surface area contributed by atoms with E-state index in [-0.39, 0.29) is 18.2 Å². The van der Waals surface area contributed by atoms with Gasteiger partial charge in [-0.3, -0.25) is 4.79 Å². The average molecular weight is 442 g/mol. The van der Waals surface area contributed by atoms with Crippen LogP contribution < -0.4 is 15.5 Å². The Kier molecular flexibility index (Phi) is 6.49. The van der Waals surface area contributed by atoms with Gasteiger partial charge in [0.2, 0.25) is 0 Å². The minimum Gasteiger partial charge on any atom is -0.503 e. The molecule has 0 saturated carbocycles. The number of benzene rings is 3. The van der Waals surface area contributed by atoms with Gasteiger partial charge in [0, 0.05) is 5.69 Å². The van der Waals surface area contributed by atoms with Gasteiger partial charge in [-0.15, -0.1) is 0 Å². The highest BCUT2D eigenvalue weighted by atomic mass is 79.9. The summed E-state index contributed by atoms with van der Waals surface area (Å²) in [4.78, 5) is 12.0. The molecule has 28 heavy (non-hydrogen) atoms. The first-order valence-corrected chi connectivity index (χ1v) is 9.56. The lowest BCUT2D eigenvalue weighted by Gasteiger charge is -2.08. The molecule has 0 heterocycles. The molecule has 6 nitrogen and oxygen atoms in total. The van der Waals surface area contributed by atoms with Crippen LogP contribution in [0.2, 0.25) is 0 Å². The van der Waals surface area contributed by atoms with Crippen molar-refractivity contribution in [1.82, 2.24) is 5.43 Å². The number of anilines is 1. The summed E-state index contributed by atoms with van der Waals surface area (Å²) in [6.45, 7) is 2.35. The third kappa shape index (κ3) is 5.01. The van der Waals surface area contributed by atoms with E-state index in [1.165, 1.54) is 6.21 Å². The van der Waals surface area contributed by atoms with Crippen LogP contribution in [0.3, 0.4) is 0 Å². The number of hydrogen-bond acceptors (Lipinski definition) is 5. The largest absolute Gasteiger partial charge is 0.503 e. The molecular weight excluding hydrogens is 422 g/mol. The fourth-order valence-corrected chi connectivity index (χ4v) is 3.09. The van der Waals surface area contributed by atoms with Crippen molar-refractivity contribution >= 4 is 44.5 Å². The van der Waals surface area contributed by atoms with Gasteiger partial charge in [0.15, 0.2) is 11.5 Å². The number of hydrazone groups is 1. The first kappa shape index (κ1) is 19.7. The molecule has 0 unspecified atom stereocenters. The Morgan fingerprint density at radius 1 is 1.18 bits per heavy atom. The molecule has 3 rings (SSSR count). The number of hydrogen-bond donors (Lipinski definition) is 3. The van der Waals surface area contributed by atoms with Gasteiger partial charge in [-0.25, -0.2) is 5.43 Å². The molecule has 0 saturated heterocycles. The number of fused-ring (bicyclic) bond motifs is 1. The van der Waals surface area contributed by atoms with E-state index in [0.29, 0.717) is 22.4 Å². The quantitative estimate of drug-likeness (QED) is 0.377. The highest BCUT2D eigenvalue weighted by molar-refractivity contribution is 9.10. The molecule has 0 bridgehead atoms. The molecule has 0 aromatic heterocycles. The number of halogens is 1. The van der Waals surface area contributed by atoms with E-state index in [0.717, 1.165) is 16.5 Å². The van der Waals surface area contributed by atoms with E-state index < -0.39 is 0 Å². The minimum absolute atomic E-state index is 0.0302. The summed E-state index contributed by atoms with van der Waals surface area (Å²) in [5.74, 6) is 0.109. The molecule has 0 atom stereocenters. The van der Waals surface area contributed by atoms with Gasteiger partial charge in [0.05, 0.1) is 23.8 Å². The lowest BCUT2D eigenvalue weighted by Crippen LogP contribution is -2.25. The zero-order valence-corrected chi connectivity index (χ0v) is 16.9. The SMILES string of the molecule is CCOc1cc(/C=N\NC(=O)CNc2ccc3ccccc3c2)cc(Br)c1O. The third-order valence-electron chi connectivity index (χ3n) is 3.96. The number of rotatable bonds is 7. The van der Waals surface area contributed by atoms with Crippen molar-refractivity contribution in [2.75, 3.05) is 18.5 Å². The normalized spacial score (nSPS) is 10.9. The number of nitrogens with one attached hydrogen (secondary N) is 2. The highest BCUT2D eigenvalue weighted by Gasteiger charge is 2.08. The minimum atomic E-state index is -0.271. The summed E-state index contributed by atoms with van der Waals surface area (Å²) in [5.41, 5.74) is 4.01. The number of phenolic OH excluding ortho intramolecular Hbond substituents is 1. The molecule has 3 aromatic carbocycles. The van der Waals surface area contributed by atoms with Crippen LogP contribution in [0, 0.1) is 0 Å². The molecular formula is C21H20BrN3O3. The van der Waals surface area contributed by atoms with Crippen LogP contribution >= 0.6 is 15.9 Å². The summed E-state index contributed by atoms with van der Waals surface area (Å²) in [6.07, 6.45) is 1.49. The van der Waals surface area contributed by atoms with Gasteiger partial charge in [0.25, 0.3) is 5.91 Å². The molecule has 144 valence electrons. The second-order valence-corrected chi connectivity index (χ2v) is 6.85. The monoisotopic (exact) mass is 441 g/mol. The van der Waals surface area contributed by atoms with Gasteiger partial charge >= 0.3 is 0 Å². The van der Waals surface area contributed by atoms with E-state index in [4.69, 9.17) is 4.74 Å². The lowest BCUT2D eigenvalue weighted by molar-refractivity contribution is -0.119. The highest BCUT2D eigenvalue weighted by Crippen LogP contribution is 2.35. The number of phenols is 1. The Balaban J connectivity index is 1.56. The van der Waals surface area contributed by atoms with Gasteiger partial charge < -0.3 is 15.2 Å². The van der Waals surface area contributed by atoms with Crippen molar-refractivity contribution < 1.29 is 14.6 Å². The maximum atomic E-state index is 12.0. The Morgan fingerprint density at radius 2 is 1.96 bits per heavy atom. The summed E-state index contributed by atoms with van der Waals surface area (Å²) in [6, 6.07) is 17.3. The zero-order valence-electron chi connectivity index (χ0n) is 15.3. The Morgan fingerprint density at radius 3 is 2.75 bits per heavy atom. The van der Waals surface area contributed by atoms with E-state index in [9.17, 15) is 9.90 Å². The summed E-state index contributed by atoms with van der Waals surface area (Å²) < 4.78 is 5.85. The fraction of sp³-hybridized carbons (Fsp3) is 0.143. The fourth-order valence-electron chi connectivity index (χ4n) is 2.63. The molecule has 3 aromatic rings. The third-order valence-corrected chi connectivity index (χ3v) is 4.56. The smallest absolute Gasteiger partial charge is 0.259 e. The molecule has 0 fully saturated rings. The standard InChI is InChI=1S/C21H20BrN3O3/c1-2-28-19-10-14(9-18(22)21(19)27)12-24-25-20(26)13-23-17-8-7-15-5-3-4-6-16(15)11-17/h3-12,23,27H,2,13H2,1H3,(H,25,26)/b24-12-. The van der Waals surface area contributed by atoms with Crippen LogP contribution in [0.5, 0.6) is 11.5 Å². The zero-order chi connectivity index (χ0) is 19.9. The second kappa shape index (κ2) is 9.23. The van der Waals surface area contributed by atoms with E-state index in [1.54, 1.807) is 12.1 Å². The summed E-state index contributed by atoms with van der Waals surface area (Å²) >= 11 is 3.27. The van der Waals surface area contributed by atoms with Gasteiger partial charge in [-0.1, -0.05) is 30.3 Å². The van der Waals surface area contributed by atoms with Crippen LogP contribution in [-0.4, -0.2) is 30.4 Å². The van der Waals surface area contributed by atoms with Crippen molar-refractivity contribution in [1.29, 1.82) is 0 Å². The second-order valence-electron chi connectivity index (χ2n) is 5.99. The predicted molar refractivity (Wildman–Crippen MR) is 115 cm³/mol. The van der Waals surface area contributed by atoms with Crippen LogP contribution in [0.1, 0.15) is 12.5 Å². The molecule has 0 aliphatic heterocycles. The van der Waals surface area contributed by atoms with Gasteiger partial charge in [0.1, 0.15) is 0 Å². The van der Waals surface area contributed by atoms with Crippen LogP contribution in [0.4, 0.5) is 5.69 Å².